The summed E-state index contributed by atoms with van der Waals surface area (Å²) in [5.74, 6) is 0.668. The lowest BCUT2D eigenvalue weighted by molar-refractivity contribution is 1.33. The van der Waals surface area contributed by atoms with E-state index in [0.29, 0.717) is 27.1 Å². The zero-order valence-electron chi connectivity index (χ0n) is 9.55. The van der Waals surface area contributed by atoms with Crippen LogP contribution in [0.3, 0.4) is 0 Å². The number of hydrogen-bond acceptors (Lipinski definition) is 2. The first-order valence-corrected chi connectivity index (χ1v) is 6.99. The van der Waals surface area contributed by atoms with Gasteiger partial charge in [-0.2, -0.15) is 0 Å². The molecule has 0 aliphatic rings. The highest BCUT2D eigenvalue weighted by atomic mass is 79.9. The molecule has 96 valence electrons. The van der Waals surface area contributed by atoms with Crippen LogP contribution >= 0.6 is 39.1 Å². The highest BCUT2D eigenvalue weighted by Gasteiger charge is 2.11. The number of H-pyrrole nitrogens is 1. The number of aromatic amines is 1. The summed E-state index contributed by atoms with van der Waals surface area (Å²) in [5.41, 5.74) is 8.74. The van der Waals surface area contributed by atoms with Crippen molar-refractivity contribution in [3.05, 3.63) is 44.8 Å². The van der Waals surface area contributed by atoms with Crippen molar-refractivity contribution < 1.29 is 0 Å². The third-order valence-electron chi connectivity index (χ3n) is 2.77. The quantitative estimate of drug-likeness (QED) is 0.610. The van der Waals surface area contributed by atoms with E-state index in [9.17, 15) is 0 Å². The van der Waals surface area contributed by atoms with Crippen LogP contribution < -0.4 is 5.73 Å². The molecule has 19 heavy (non-hydrogen) atoms. The van der Waals surface area contributed by atoms with Crippen molar-refractivity contribution in [2.45, 2.75) is 0 Å². The van der Waals surface area contributed by atoms with Gasteiger partial charge in [0.05, 0.1) is 16.2 Å². The Labute approximate surface area is 127 Å². The van der Waals surface area contributed by atoms with Gasteiger partial charge in [0.1, 0.15) is 11.3 Å². The number of nitrogens with two attached hydrogens (primary N) is 1. The van der Waals surface area contributed by atoms with Crippen molar-refractivity contribution in [3.8, 4) is 11.4 Å². The number of rotatable bonds is 1. The van der Waals surface area contributed by atoms with Gasteiger partial charge in [-0.25, -0.2) is 4.98 Å². The maximum Gasteiger partial charge on any atom is 0.140 e. The molecule has 0 amide bonds. The summed E-state index contributed by atoms with van der Waals surface area (Å²) in [7, 11) is 0. The van der Waals surface area contributed by atoms with Gasteiger partial charge in [-0.05, 0) is 30.3 Å². The van der Waals surface area contributed by atoms with Crippen molar-refractivity contribution in [2.75, 3.05) is 5.73 Å². The zero-order chi connectivity index (χ0) is 13.6. The molecule has 3 rings (SSSR count). The molecule has 0 fully saturated rings. The van der Waals surface area contributed by atoms with E-state index in [1.54, 1.807) is 12.1 Å². The lowest BCUT2D eigenvalue weighted by atomic mass is 10.2. The summed E-state index contributed by atoms with van der Waals surface area (Å²) in [5, 5.41) is 1.18. The number of fused-ring (bicyclic) bond motifs is 1. The number of anilines is 1. The molecule has 0 unspecified atom stereocenters. The van der Waals surface area contributed by atoms with Crippen LogP contribution in [-0.2, 0) is 0 Å². The van der Waals surface area contributed by atoms with E-state index in [1.807, 2.05) is 18.2 Å². The van der Waals surface area contributed by atoms with Gasteiger partial charge in [-0.1, -0.05) is 39.1 Å². The maximum absolute atomic E-state index is 6.22. The second kappa shape index (κ2) is 4.71. The minimum absolute atomic E-state index is 0.540. The lowest BCUT2D eigenvalue weighted by Gasteiger charge is -2.00. The third-order valence-corrected chi connectivity index (χ3v) is 3.79. The Hall–Kier alpha value is -1.23. The molecule has 3 nitrogen and oxygen atoms in total. The van der Waals surface area contributed by atoms with Crippen LogP contribution in [0.2, 0.25) is 10.0 Å². The number of imidazole rings is 1. The molecule has 2 aromatic carbocycles. The van der Waals surface area contributed by atoms with Crippen molar-refractivity contribution in [1.82, 2.24) is 9.97 Å². The highest BCUT2D eigenvalue weighted by Crippen LogP contribution is 2.32. The third kappa shape index (κ3) is 2.31. The van der Waals surface area contributed by atoms with Crippen LogP contribution in [0.15, 0.2) is 34.8 Å². The van der Waals surface area contributed by atoms with Gasteiger partial charge in [0.15, 0.2) is 0 Å². The molecule has 0 saturated carbocycles. The van der Waals surface area contributed by atoms with E-state index in [2.05, 4.69) is 25.9 Å². The first-order valence-electron chi connectivity index (χ1n) is 5.45. The first-order chi connectivity index (χ1) is 9.04. The number of nitrogens with zero attached hydrogens (tertiary/aromatic N) is 1. The van der Waals surface area contributed by atoms with E-state index in [0.717, 1.165) is 15.6 Å². The number of benzene rings is 2. The predicted octanol–water partition coefficient (Wildman–Crippen LogP) is 4.88. The Morgan fingerprint density at radius 2 is 1.95 bits per heavy atom. The molecule has 0 saturated heterocycles. The van der Waals surface area contributed by atoms with Gasteiger partial charge in [0.25, 0.3) is 0 Å². The second-order valence-corrected chi connectivity index (χ2v) is 5.86. The standard InChI is InChI=1S/C13H8BrCl2N3/c14-6-1-2-8(9(16)3-6)13-18-11-5-7(15)4-10(17)12(11)19-13/h1-5H,17H2,(H,18,19). The Morgan fingerprint density at radius 3 is 2.68 bits per heavy atom. The maximum atomic E-state index is 6.22. The van der Waals surface area contributed by atoms with Crippen molar-refractivity contribution in [2.24, 2.45) is 0 Å². The van der Waals surface area contributed by atoms with Crippen LogP contribution in [0, 0.1) is 0 Å². The molecule has 1 aromatic heterocycles. The fraction of sp³-hybridized carbons (Fsp3) is 0. The summed E-state index contributed by atoms with van der Waals surface area (Å²) in [6, 6.07) is 9.08. The highest BCUT2D eigenvalue weighted by molar-refractivity contribution is 9.10. The number of halogens is 3. The smallest absolute Gasteiger partial charge is 0.140 e. The molecule has 1 heterocycles. The van der Waals surface area contributed by atoms with Crippen LogP contribution in [0.4, 0.5) is 5.69 Å². The number of hydrogen-bond donors (Lipinski definition) is 2. The molecule has 0 aliphatic carbocycles. The molecular formula is C13H8BrCl2N3. The predicted molar refractivity (Wildman–Crippen MR) is 83.7 cm³/mol. The van der Waals surface area contributed by atoms with Gasteiger partial charge in [-0.15, -0.1) is 0 Å². The van der Waals surface area contributed by atoms with Gasteiger partial charge >= 0.3 is 0 Å². The van der Waals surface area contributed by atoms with E-state index in [1.165, 1.54) is 0 Å². The second-order valence-electron chi connectivity index (χ2n) is 4.10. The van der Waals surface area contributed by atoms with Gasteiger partial charge in [-0.3, -0.25) is 0 Å². The van der Waals surface area contributed by atoms with Gasteiger partial charge in [0, 0.05) is 15.1 Å². The van der Waals surface area contributed by atoms with Crippen LogP contribution in [0.1, 0.15) is 0 Å². The average Bonchev–Trinajstić information content (AvgIpc) is 2.72. The van der Waals surface area contributed by atoms with Crippen LogP contribution in [0.5, 0.6) is 0 Å². The Morgan fingerprint density at radius 1 is 1.16 bits per heavy atom. The Balaban J connectivity index is 2.23. The SMILES string of the molecule is Nc1cc(Cl)cc2[nH]c(-c3ccc(Br)cc3Cl)nc12. The monoisotopic (exact) mass is 355 g/mol. The zero-order valence-corrected chi connectivity index (χ0v) is 12.6. The summed E-state index contributed by atoms with van der Waals surface area (Å²) in [4.78, 5) is 7.65. The Kier molecular flexibility index (Phi) is 3.17. The lowest BCUT2D eigenvalue weighted by Crippen LogP contribution is -1.86. The molecule has 0 radical (unpaired) electrons. The van der Waals surface area contributed by atoms with E-state index in [4.69, 9.17) is 28.9 Å². The van der Waals surface area contributed by atoms with Gasteiger partial charge in [0.2, 0.25) is 0 Å². The fourth-order valence-electron chi connectivity index (χ4n) is 1.92. The minimum Gasteiger partial charge on any atom is -0.397 e. The molecule has 3 aromatic rings. The topological polar surface area (TPSA) is 54.7 Å². The molecule has 0 aliphatic heterocycles. The minimum atomic E-state index is 0.540. The number of nitrogens with one attached hydrogen (secondary N) is 1. The van der Waals surface area contributed by atoms with Crippen molar-refractivity contribution in [1.29, 1.82) is 0 Å². The van der Waals surface area contributed by atoms with E-state index >= 15 is 0 Å². The summed E-state index contributed by atoms with van der Waals surface area (Å²) in [6.07, 6.45) is 0. The molecule has 6 heteroatoms. The fourth-order valence-corrected chi connectivity index (χ4v) is 2.91. The van der Waals surface area contributed by atoms with Crippen molar-refractivity contribution >= 4 is 55.9 Å². The molecule has 0 atom stereocenters. The molecular weight excluding hydrogens is 349 g/mol. The summed E-state index contributed by atoms with van der Waals surface area (Å²) >= 11 is 15.6. The average molecular weight is 357 g/mol. The molecule has 0 spiro atoms. The Bertz CT molecular complexity index is 783. The largest absolute Gasteiger partial charge is 0.397 e. The summed E-state index contributed by atoms with van der Waals surface area (Å²) in [6.45, 7) is 0. The van der Waals surface area contributed by atoms with E-state index < -0.39 is 0 Å². The van der Waals surface area contributed by atoms with Crippen LogP contribution in [-0.4, -0.2) is 9.97 Å². The molecule has 3 N–H and O–H groups in total. The number of aromatic nitrogens is 2. The molecule has 0 bridgehead atoms. The van der Waals surface area contributed by atoms with Crippen molar-refractivity contribution in [3.63, 3.8) is 0 Å². The van der Waals surface area contributed by atoms with Gasteiger partial charge < -0.3 is 10.7 Å². The number of nitrogen functional groups attached to an aromatic ring is 1. The van der Waals surface area contributed by atoms with E-state index in [-0.39, 0.29) is 0 Å². The van der Waals surface area contributed by atoms with Crippen LogP contribution in [0.25, 0.3) is 22.4 Å². The summed E-state index contributed by atoms with van der Waals surface area (Å²) < 4.78 is 0.917. The normalized spacial score (nSPS) is 11.1. The first kappa shape index (κ1) is 12.8.